The number of hydrogen-bond acceptors (Lipinski definition) is 7. The lowest BCUT2D eigenvalue weighted by Gasteiger charge is -2.26. The third kappa shape index (κ3) is 7.04. The van der Waals surface area contributed by atoms with Crippen LogP contribution in [0.25, 0.3) is 0 Å². The Morgan fingerprint density at radius 2 is 1.79 bits per heavy atom. The average Bonchev–Trinajstić information content (AvgIpc) is 2.84. The van der Waals surface area contributed by atoms with Gasteiger partial charge in [-0.1, -0.05) is 17.7 Å². The van der Waals surface area contributed by atoms with Gasteiger partial charge in [-0.15, -0.1) is 0 Å². The fourth-order valence-electron chi connectivity index (χ4n) is 2.97. The zero-order chi connectivity index (χ0) is 23.6. The lowest BCUT2D eigenvalue weighted by Crippen LogP contribution is -2.43. The van der Waals surface area contributed by atoms with Crippen LogP contribution in [0.15, 0.2) is 47.6 Å². The molecule has 2 aromatic carbocycles. The van der Waals surface area contributed by atoms with Crippen LogP contribution in [0.5, 0.6) is 11.5 Å². The fourth-order valence-corrected chi connectivity index (χ4v) is 2.97. The molecule has 2 aromatic rings. The van der Waals surface area contributed by atoms with Gasteiger partial charge in [0.2, 0.25) is 0 Å². The summed E-state index contributed by atoms with van der Waals surface area (Å²) in [4.78, 5) is 37.8. The third-order valence-corrected chi connectivity index (χ3v) is 4.80. The van der Waals surface area contributed by atoms with Crippen molar-refractivity contribution in [2.45, 2.75) is 6.92 Å². The van der Waals surface area contributed by atoms with Crippen LogP contribution in [0, 0.1) is 6.92 Å². The molecule has 1 aliphatic rings. The van der Waals surface area contributed by atoms with Gasteiger partial charge in [0.05, 0.1) is 26.5 Å². The summed E-state index contributed by atoms with van der Waals surface area (Å²) in [5.74, 6) is -1.06. The van der Waals surface area contributed by atoms with Gasteiger partial charge in [-0.05, 0) is 42.8 Å². The predicted molar refractivity (Wildman–Crippen MR) is 121 cm³/mol. The van der Waals surface area contributed by atoms with Crippen LogP contribution >= 0.6 is 0 Å². The molecule has 0 aliphatic carbocycles. The van der Waals surface area contributed by atoms with Gasteiger partial charge in [-0.25, -0.2) is 5.43 Å². The molecule has 2 N–H and O–H groups in total. The van der Waals surface area contributed by atoms with Gasteiger partial charge in [0.1, 0.15) is 0 Å². The highest BCUT2D eigenvalue weighted by Crippen LogP contribution is 2.27. The molecular weight excluding hydrogens is 428 g/mol. The minimum Gasteiger partial charge on any atom is -0.493 e. The number of rotatable bonds is 7. The number of carbonyl (C=O) groups excluding carboxylic acids is 3. The molecule has 3 amide bonds. The maximum Gasteiger partial charge on any atom is 0.329 e. The lowest BCUT2D eigenvalue weighted by molar-refractivity contribution is -0.137. The van der Waals surface area contributed by atoms with E-state index in [4.69, 9.17) is 14.2 Å². The van der Waals surface area contributed by atoms with Crippen LogP contribution in [0.2, 0.25) is 0 Å². The molecule has 1 aliphatic heterocycles. The topological polar surface area (TPSA) is 119 Å². The van der Waals surface area contributed by atoms with E-state index in [9.17, 15) is 14.4 Å². The van der Waals surface area contributed by atoms with Gasteiger partial charge < -0.3 is 24.4 Å². The van der Waals surface area contributed by atoms with Crippen molar-refractivity contribution >= 4 is 29.6 Å². The lowest BCUT2D eigenvalue weighted by atomic mass is 10.2. The highest BCUT2D eigenvalue weighted by atomic mass is 16.5. The summed E-state index contributed by atoms with van der Waals surface area (Å²) in [5.41, 5.74) is 4.32. The Hall–Kier alpha value is -3.92. The molecule has 174 valence electrons. The first kappa shape index (κ1) is 23.7. The fraction of sp³-hybridized carbons (Fsp3) is 0.304. The number of carbonyl (C=O) groups is 3. The maximum absolute atomic E-state index is 12.2. The quantitative estimate of drug-likeness (QED) is 0.370. The summed E-state index contributed by atoms with van der Waals surface area (Å²) in [6, 6.07) is 12.0. The van der Waals surface area contributed by atoms with E-state index in [1.165, 1.54) is 13.3 Å². The molecule has 0 spiro atoms. The number of nitrogens with one attached hydrogen (secondary N) is 2. The summed E-state index contributed by atoms with van der Waals surface area (Å²) in [6.07, 6.45) is 1.36. The van der Waals surface area contributed by atoms with E-state index in [2.05, 4.69) is 15.8 Å². The Balaban J connectivity index is 1.51. The van der Waals surface area contributed by atoms with E-state index in [-0.39, 0.29) is 12.5 Å². The molecule has 1 heterocycles. The molecule has 33 heavy (non-hydrogen) atoms. The van der Waals surface area contributed by atoms with Crippen LogP contribution < -0.4 is 20.2 Å². The molecule has 1 saturated heterocycles. The van der Waals surface area contributed by atoms with E-state index in [1.54, 1.807) is 35.2 Å². The number of ether oxygens (including phenoxy) is 3. The number of nitrogens with zero attached hydrogens (tertiary/aromatic N) is 2. The third-order valence-electron chi connectivity index (χ3n) is 4.80. The van der Waals surface area contributed by atoms with E-state index < -0.39 is 11.8 Å². The SMILES string of the molecule is COc1cc(/C=N\NC(=O)C(=O)Nc2ccc(C)cc2)ccc1OCC(=O)N1CCOCC1. The molecule has 0 radical (unpaired) electrons. The van der Waals surface area contributed by atoms with Gasteiger partial charge >= 0.3 is 11.8 Å². The number of anilines is 1. The van der Waals surface area contributed by atoms with E-state index in [0.717, 1.165) is 5.56 Å². The highest BCUT2D eigenvalue weighted by molar-refractivity contribution is 6.39. The zero-order valence-corrected chi connectivity index (χ0v) is 18.5. The Kier molecular flexibility index (Phi) is 8.36. The summed E-state index contributed by atoms with van der Waals surface area (Å²) >= 11 is 0. The molecule has 0 aromatic heterocycles. The summed E-state index contributed by atoms with van der Waals surface area (Å²) in [5, 5.41) is 6.30. The molecule has 0 saturated carbocycles. The van der Waals surface area contributed by atoms with Gasteiger partial charge in [0, 0.05) is 18.8 Å². The Morgan fingerprint density at radius 1 is 1.06 bits per heavy atom. The van der Waals surface area contributed by atoms with Crippen molar-refractivity contribution in [1.82, 2.24) is 10.3 Å². The minimum atomic E-state index is -0.902. The second-order valence-corrected chi connectivity index (χ2v) is 7.21. The van der Waals surface area contributed by atoms with Crippen molar-refractivity contribution in [3.05, 3.63) is 53.6 Å². The Bertz CT molecular complexity index is 1020. The first-order chi connectivity index (χ1) is 16.0. The van der Waals surface area contributed by atoms with Crippen molar-refractivity contribution < 1.29 is 28.6 Å². The number of morpholine rings is 1. The van der Waals surface area contributed by atoms with Gasteiger partial charge in [-0.3, -0.25) is 14.4 Å². The van der Waals surface area contributed by atoms with Gasteiger partial charge in [-0.2, -0.15) is 5.10 Å². The number of methoxy groups -OCH3 is 1. The van der Waals surface area contributed by atoms with Crippen molar-refractivity contribution in [2.24, 2.45) is 5.10 Å². The van der Waals surface area contributed by atoms with Crippen LogP contribution in [0.3, 0.4) is 0 Å². The number of benzene rings is 2. The second kappa shape index (κ2) is 11.6. The predicted octanol–water partition coefficient (Wildman–Crippen LogP) is 1.33. The molecule has 1 fully saturated rings. The second-order valence-electron chi connectivity index (χ2n) is 7.21. The average molecular weight is 454 g/mol. The van der Waals surface area contributed by atoms with E-state index >= 15 is 0 Å². The summed E-state index contributed by atoms with van der Waals surface area (Å²) in [7, 11) is 1.48. The normalized spacial score (nSPS) is 13.5. The van der Waals surface area contributed by atoms with Crippen molar-refractivity contribution in [3.63, 3.8) is 0 Å². The standard InChI is InChI=1S/C23H26N4O6/c1-16-3-6-18(7-4-16)25-22(29)23(30)26-24-14-17-5-8-19(20(13-17)31-2)33-15-21(28)27-9-11-32-12-10-27/h3-8,13-14H,9-12,15H2,1-2H3,(H,25,29)(H,26,30)/b24-14-. The molecule has 3 rings (SSSR count). The van der Waals surface area contributed by atoms with Crippen molar-refractivity contribution in [1.29, 1.82) is 0 Å². The van der Waals surface area contributed by atoms with Gasteiger partial charge in [0.15, 0.2) is 18.1 Å². The summed E-state index contributed by atoms with van der Waals surface area (Å²) < 4.78 is 16.2. The number of aryl methyl sites for hydroxylation is 1. The van der Waals surface area contributed by atoms with Crippen LogP contribution in [0.4, 0.5) is 5.69 Å². The number of hydrazone groups is 1. The highest BCUT2D eigenvalue weighted by Gasteiger charge is 2.18. The van der Waals surface area contributed by atoms with E-state index in [1.807, 2.05) is 19.1 Å². The van der Waals surface area contributed by atoms with Gasteiger partial charge in [0.25, 0.3) is 5.91 Å². The molecule has 0 bridgehead atoms. The van der Waals surface area contributed by atoms with Crippen LogP contribution in [0.1, 0.15) is 11.1 Å². The zero-order valence-electron chi connectivity index (χ0n) is 18.5. The van der Waals surface area contributed by atoms with E-state index in [0.29, 0.717) is 49.1 Å². The minimum absolute atomic E-state index is 0.115. The smallest absolute Gasteiger partial charge is 0.329 e. The monoisotopic (exact) mass is 454 g/mol. The van der Waals surface area contributed by atoms with Crippen LogP contribution in [-0.2, 0) is 19.1 Å². The first-order valence-corrected chi connectivity index (χ1v) is 10.3. The maximum atomic E-state index is 12.2. The molecule has 0 unspecified atom stereocenters. The molecule has 10 heteroatoms. The van der Waals surface area contributed by atoms with Crippen LogP contribution in [-0.4, -0.2) is 68.9 Å². The Morgan fingerprint density at radius 3 is 2.48 bits per heavy atom. The first-order valence-electron chi connectivity index (χ1n) is 10.3. The van der Waals surface area contributed by atoms with Crippen molar-refractivity contribution in [3.8, 4) is 11.5 Å². The number of hydrogen-bond donors (Lipinski definition) is 2. The largest absolute Gasteiger partial charge is 0.493 e. The molecular formula is C23H26N4O6. The Labute approximate surface area is 191 Å². The summed E-state index contributed by atoms with van der Waals surface area (Å²) in [6.45, 7) is 3.94. The molecule has 0 atom stereocenters. The molecule has 10 nitrogen and oxygen atoms in total. The number of amides is 3. The van der Waals surface area contributed by atoms with Crippen molar-refractivity contribution in [2.75, 3.05) is 45.3 Å².